The standard InChI is InChI=1S/C15H17N2/c1-11-5-4-6-12(2)15(11)16-9-14-8-7-13(3)17(14)10-16/h4-9H,10H2,1-3H3/q+1. The van der Waals surface area contributed by atoms with E-state index in [1.165, 1.54) is 28.2 Å². The van der Waals surface area contributed by atoms with Crippen molar-refractivity contribution in [1.29, 1.82) is 0 Å². The van der Waals surface area contributed by atoms with Crippen molar-refractivity contribution in [2.75, 3.05) is 0 Å². The minimum Gasteiger partial charge on any atom is -0.284 e. The van der Waals surface area contributed by atoms with Crippen molar-refractivity contribution in [2.24, 2.45) is 0 Å². The van der Waals surface area contributed by atoms with E-state index < -0.39 is 0 Å². The van der Waals surface area contributed by atoms with Gasteiger partial charge in [-0.15, -0.1) is 0 Å². The van der Waals surface area contributed by atoms with E-state index in [2.05, 4.69) is 66.5 Å². The first-order valence-electron chi connectivity index (χ1n) is 6.00. The smallest absolute Gasteiger partial charge is 0.228 e. The fourth-order valence-corrected chi connectivity index (χ4v) is 2.64. The summed E-state index contributed by atoms with van der Waals surface area (Å²) >= 11 is 0. The van der Waals surface area contributed by atoms with Crippen LogP contribution in [0.5, 0.6) is 0 Å². The van der Waals surface area contributed by atoms with Crippen molar-refractivity contribution in [3.05, 3.63) is 52.8 Å². The second-order valence-corrected chi connectivity index (χ2v) is 4.81. The van der Waals surface area contributed by atoms with Crippen LogP contribution in [0.4, 0.5) is 5.69 Å². The van der Waals surface area contributed by atoms with Crippen LogP contribution < -0.4 is 0 Å². The van der Waals surface area contributed by atoms with E-state index in [1.807, 2.05) is 0 Å². The lowest BCUT2D eigenvalue weighted by Crippen LogP contribution is -2.08. The molecule has 0 bridgehead atoms. The highest BCUT2D eigenvalue weighted by atomic mass is 15.2. The van der Waals surface area contributed by atoms with Crippen LogP contribution in [0.15, 0.2) is 30.3 Å². The maximum atomic E-state index is 2.34. The molecule has 0 radical (unpaired) electrons. The predicted octanol–water partition coefficient (Wildman–Crippen LogP) is 3.15. The van der Waals surface area contributed by atoms with Gasteiger partial charge in [0.05, 0.1) is 0 Å². The molecule has 0 amide bonds. The Morgan fingerprint density at radius 2 is 1.71 bits per heavy atom. The van der Waals surface area contributed by atoms with Gasteiger partial charge >= 0.3 is 0 Å². The fourth-order valence-electron chi connectivity index (χ4n) is 2.64. The summed E-state index contributed by atoms with van der Waals surface area (Å²) in [5.74, 6) is 0. The summed E-state index contributed by atoms with van der Waals surface area (Å²) < 4.78 is 4.68. The summed E-state index contributed by atoms with van der Waals surface area (Å²) in [6.07, 6.45) is 2.24. The van der Waals surface area contributed by atoms with Gasteiger partial charge in [0, 0.05) is 16.8 Å². The van der Waals surface area contributed by atoms with Crippen LogP contribution in [-0.2, 0) is 6.67 Å². The fraction of sp³-hybridized carbons (Fsp3) is 0.267. The van der Waals surface area contributed by atoms with Gasteiger partial charge in [0.2, 0.25) is 12.4 Å². The van der Waals surface area contributed by atoms with Crippen molar-refractivity contribution < 1.29 is 4.58 Å². The van der Waals surface area contributed by atoms with Gasteiger partial charge in [0.15, 0.2) is 6.21 Å². The van der Waals surface area contributed by atoms with Gasteiger partial charge in [0.1, 0.15) is 5.69 Å². The third-order valence-corrected chi connectivity index (χ3v) is 3.54. The molecular formula is C15H17N2+. The molecule has 0 fully saturated rings. The number of aryl methyl sites for hydroxylation is 3. The zero-order valence-electron chi connectivity index (χ0n) is 10.6. The van der Waals surface area contributed by atoms with Crippen molar-refractivity contribution in [2.45, 2.75) is 27.4 Å². The molecule has 1 aliphatic heterocycles. The van der Waals surface area contributed by atoms with Crippen LogP contribution in [0.1, 0.15) is 22.5 Å². The van der Waals surface area contributed by atoms with Crippen molar-refractivity contribution in [1.82, 2.24) is 4.57 Å². The number of benzene rings is 1. The molecule has 1 aromatic heterocycles. The minimum absolute atomic E-state index is 0.930. The average molecular weight is 225 g/mol. The van der Waals surface area contributed by atoms with Crippen LogP contribution in [0.25, 0.3) is 0 Å². The summed E-state index contributed by atoms with van der Waals surface area (Å²) in [4.78, 5) is 0. The van der Waals surface area contributed by atoms with Gasteiger partial charge in [-0.1, -0.05) is 18.2 Å². The SMILES string of the molecule is Cc1cccc(C)c1[N+]1=Cc2ccc(C)n2C1. The normalized spacial score (nSPS) is 13.7. The van der Waals surface area contributed by atoms with Gasteiger partial charge in [-0.3, -0.25) is 4.57 Å². The monoisotopic (exact) mass is 225 g/mol. The number of nitrogens with zero attached hydrogens (tertiary/aromatic N) is 2. The number of hydrogen-bond acceptors (Lipinski definition) is 0. The molecule has 0 aliphatic carbocycles. The van der Waals surface area contributed by atoms with Crippen LogP contribution in [0, 0.1) is 20.8 Å². The summed E-state index contributed by atoms with van der Waals surface area (Å²) in [7, 11) is 0. The van der Waals surface area contributed by atoms with E-state index in [-0.39, 0.29) is 0 Å². The molecule has 3 rings (SSSR count). The van der Waals surface area contributed by atoms with E-state index in [0.29, 0.717) is 0 Å². The lowest BCUT2D eigenvalue weighted by atomic mass is 10.1. The molecule has 0 atom stereocenters. The lowest BCUT2D eigenvalue weighted by molar-refractivity contribution is -0.464. The molecular weight excluding hydrogens is 208 g/mol. The highest BCUT2D eigenvalue weighted by molar-refractivity contribution is 5.76. The quantitative estimate of drug-likeness (QED) is 0.659. The molecule has 17 heavy (non-hydrogen) atoms. The van der Waals surface area contributed by atoms with Gasteiger partial charge < -0.3 is 0 Å². The Labute approximate surface area is 102 Å². The molecule has 0 saturated carbocycles. The largest absolute Gasteiger partial charge is 0.284 e. The summed E-state index contributed by atoms with van der Waals surface area (Å²) in [5, 5.41) is 0. The van der Waals surface area contributed by atoms with Crippen molar-refractivity contribution in [3.8, 4) is 0 Å². The first-order chi connectivity index (χ1) is 8.16. The molecule has 0 unspecified atom stereocenters. The molecule has 2 heteroatoms. The number of para-hydroxylation sites is 1. The number of fused-ring (bicyclic) bond motifs is 1. The number of hydrogen-bond donors (Lipinski definition) is 0. The number of rotatable bonds is 1. The average Bonchev–Trinajstić information content (AvgIpc) is 2.82. The molecule has 2 heterocycles. The van der Waals surface area contributed by atoms with E-state index >= 15 is 0 Å². The third kappa shape index (κ3) is 1.52. The van der Waals surface area contributed by atoms with E-state index in [9.17, 15) is 0 Å². The Morgan fingerprint density at radius 1 is 1.00 bits per heavy atom. The summed E-state index contributed by atoms with van der Waals surface area (Å²) in [5.41, 5.74) is 6.64. The van der Waals surface area contributed by atoms with Crippen LogP contribution in [0.3, 0.4) is 0 Å². The molecule has 1 aromatic carbocycles. The molecule has 0 N–H and O–H groups in total. The second-order valence-electron chi connectivity index (χ2n) is 4.81. The van der Waals surface area contributed by atoms with Crippen molar-refractivity contribution >= 4 is 11.9 Å². The van der Waals surface area contributed by atoms with Gasteiger partial charge in [-0.05, 0) is 32.9 Å². The third-order valence-electron chi connectivity index (χ3n) is 3.54. The Hall–Kier alpha value is -1.83. The molecule has 2 nitrogen and oxygen atoms in total. The zero-order chi connectivity index (χ0) is 12.0. The summed E-state index contributed by atoms with van der Waals surface area (Å²) in [6, 6.07) is 10.8. The first kappa shape index (κ1) is 10.3. The molecule has 0 spiro atoms. The van der Waals surface area contributed by atoms with E-state index in [0.717, 1.165) is 6.67 Å². The maximum absolute atomic E-state index is 2.34. The minimum atomic E-state index is 0.930. The van der Waals surface area contributed by atoms with Gasteiger partial charge in [-0.2, -0.15) is 4.58 Å². The van der Waals surface area contributed by atoms with Crippen LogP contribution >= 0.6 is 0 Å². The second kappa shape index (κ2) is 3.59. The van der Waals surface area contributed by atoms with E-state index in [4.69, 9.17) is 0 Å². The topological polar surface area (TPSA) is 7.94 Å². The van der Waals surface area contributed by atoms with Crippen LogP contribution in [-0.4, -0.2) is 15.4 Å². The Balaban J connectivity index is 2.10. The Bertz CT molecular complexity index is 598. The molecule has 86 valence electrons. The van der Waals surface area contributed by atoms with Gasteiger partial charge in [0.25, 0.3) is 0 Å². The van der Waals surface area contributed by atoms with E-state index in [1.54, 1.807) is 0 Å². The summed E-state index contributed by atoms with van der Waals surface area (Å²) in [6.45, 7) is 7.44. The molecule has 2 aromatic rings. The zero-order valence-corrected chi connectivity index (χ0v) is 10.6. The lowest BCUT2D eigenvalue weighted by Gasteiger charge is -2.06. The molecule has 1 aliphatic rings. The Morgan fingerprint density at radius 3 is 2.35 bits per heavy atom. The Kier molecular flexibility index (Phi) is 2.18. The van der Waals surface area contributed by atoms with Crippen LogP contribution in [0.2, 0.25) is 0 Å². The molecule has 0 saturated heterocycles. The van der Waals surface area contributed by atoms with Gasteiger partial charge in [-0.25, -0.2) is 0 Å². The van der Waals surface area contributed by atoms with Crippen molar-refractivity contribution in [3.63, 3.8) is 0 Å². The predicted molar refractivity (Wildman–Crippen MR) is 70.2 cm³/mol. The first-order valence-corrected chi connectivity index (χ1v) is 6.00. The highest BCUT2D eigenvalue weighted by Gasteiger charge is 2.24. The highest BCUT2D eigenvalue weighted by Crippen LogP contribution is 2.26. The maximum Gasteiger partial charge on any atom is 0.228 e. The number of aromatic nitrogens is 1.